The molecule has 21 heavy (non-hydrogen) atoms. The van der Waals surface area contributed by atoms with Crippen LogP contribution in [0.2, 0.25) is 0 Å². The van der Waals surface area contributed by atoms with Crippen LogP contribution in [-0.2, 0) is 21.3 Å². The fraction of sp³-hybridized carbons (Fsp3) is 0.692. The maximum atomic E-state index is 12.2. The number of halogens is 1. The minimum absolute atomic E-state index is 0.119. The Kier molecular flexibility index (Phi) is 6.24. The number of ether oxygens (including phenoxy) is 1. The Morgan fingerprint density at radius 3 is 2.81 bits per heavy atom. The molecule has 1 saturated carbocycles. The molecule has 0 aromatic carbocycles. The fourth-order valence-electron chi connectivity index (χ4n) is 2.38. The van der Waals surface area contributed by atoms with E-state index in [2.05, 4.69) is 26.0 Å². The zero-order chi connectivity index (χ0) is 15.3. The molecule has 0 radical (unpaired) electrons. The Morgan fingerprint density at radius 2 is 2.14 bits per heavy atom. The van der Waals surface area contributed by atoms with E-state index < -0.39 is 10.0 Å². The van der Waals surface area contributed by atoms with E-state index in [1.54, 1.807) is 7.05 Å². The smallest absolute Gasteiger partial charge is 0.245 e. The van der Waals surface area contributed by atoms with Crippen molar-refractivity contribution >= 4 is 26.0 Å². The van der Waals surface area contributed by atoms with E-state index in [1.165, 1.54) is 18.9 Å². The highest BCUT2D eigenvalue weighted by molar-refractivity contribution is 9.10. The summed E-state index contributed by atoms with van der Waals surface area (Å²) in [6, 6.07) is 1.51. The number of furan rings is 1. The molecule has 1 aliphatic rings. The van der Waals surface area contributed by atoms with Crippen molar-refractivity contribution < 1.29 is 17.6 Å². The van der Waals surface area contributed by atoms with Crippen molar-refractivity contribution in [2.24, 2.45) is 0 Å². The van der Waals surface area contributed by atoms with Gasteiger partial charge in [-0.15, -0.1) is 0 Å². The van der Waals surface area contributed by atoms with Crippen LogP contribution in [0.3, 0.4) is 0 Å². The van der Waals surface area contributed by atoms with Gasteiger partial charge in [0.25, 0.3) is 0 Å². The van der Waals surface area contributed by atoms with Crippen molar-refractivity contribution in [3.8, 4) is 0 Å². The average Bonchev–Trinajstić information content (AvgIpc) is 3.05. The number of nitrogens with one attached hydrogen (secondary N) is 2. The molecule has 0 saturated heterocycles. The largest absolute Gasteiger partial charge is 0.452 e. The second-order valence-corrected chi connectivity index (χ2v) is 7.51. The molecular formula is C13H21BrN2O4S. The second kappa shape index (κ2) is 7.73. The first-order valence-corrected chi connectivity index (χ1v) is 9.34. The molecule has 1 aromatic rings. The van der Waals surface area contributed by atoms with Gasteiger partial charge >= 0.3 is 0 Å². The van der Waals surface area contributed by atoms with Gasteiger partial charge in [0.1, 0.15) is 10.7 Å². The van der Waals surface area contributed by atoms with Gasteiger partial charge in [-0.3, -0.25) is 0 Å². The Balaban J connectivity index is 1.85. The molecule has 0 amide bonds. The van der Waals surface area contributed by atoms with Crippen molar-refractivity contribution in [1.82, 2.24) is 10.0 Å². The number of rotatable bonds is 8. The van der Waals surface area contributed by atoms with Crippen LogP contribution in [0.1, 0.15) is 31.4 Å². The lowest BCUT2D eigenvalue weighted by atomic mass is 10.3. The van der Waals surface area contributed by atoms with E-state index in [4.69, 9.17) is 9.15 Å². The summed E-state index contributed by atoms with van der Waals surface area (Å²) in [4.78, 5) is 0.119. The van der Waals surface area contributed by atoms with Crippen LogP contribution < -0.4 is 10.0 Å². The molecule has 1 aromatic heterocycles. The molecule has 0 spiro atoms. The molecule has 1 aliphatic carbocycles. The Hall–Kier alpha value is -0.410. The quantitative estimate of drug-likeness (QED) is 0.674. The first-order chi connectivity index (χ1) is 10.0. The van der Waals surface area contributed by atoms with Crippen LogP contribution in [0.4, 0.5) is 0 Å². The summed E-state index contributed by atoms with van der Waals surface area (Å²) < 4.78 is 38.1. The summed E-state index contributed by atoms with van der Waals surface area (Å²) >= 11 is 3.14. The highest BCUT2D eigenvalue weighted by Crippen LogP contribution is 2.26. The predicted octanol–water partition coefficient (Wildman–Crippen LogP) is 2.00. The van der Waals surface area contributed by atoms with Gasteiger partial charge in [-0.2, -0.15) is 0 Å². The third kappa shape index (κ3) is 4.79. The second-order valence-electron chi connectivity index (χ2n) is 5.06. The summed E-state index contributed by atoms with van der Waals surface area (Å²) in [5.41, 5.74) is 0. The number of sulfonamides is 1. The van der Waals surface area contributed by atoms with Crippen LogP contribution in [0.25, 0.3) is 0 Å². The van der Waals surface area contributed by atoms with Gasteiger partial charge < -0.3 is 14.5 Å². The monoisotopic (exact) mass is 380 g/mol. The van der Waals surface area contributed by atoms with Crippen LogP contribution in [-0.4, -0.2) is 34.7 Å². The minimum Gasteiger partial charge on any atom is -0.452 e. The first-order valence-electron chi connectivity index (χ1n) is 7.07. The number of hydrogen-bond donors (Lipinski definition) is 2. The minimum atomic E-state index is -3.58. The van der Waals surface area contributed by atoms with Crippen LogP contribution in [0.5, 0.6) is 0 Å². The molecule has 0 atom stereocenters. The maximum Gasteiger partial charge on any atom is 0.245 e. The predicted molar refractivity (Wildman–Crippen MR) is 82.6 cm³/mol. The van der Waals surface area contributed by atoms with Gasteiger partial charge in [0.05, 0.1) is 19.3 Å². The van der Waals surface area contributed by atoms with Gasteiger partial charge in [-0.1, -0.05) is 12.8 Å². The molecular weight excluding hydrogens is 360 g/mol. The highest BCUT2D eigenvalue weighted by Gasteiger charge is 2.22. The molecule has 0 aliphatic heterocycles. The summed E-state index contributed by atoms with van der Waals surface area (Å²) in [6.45, 7) is 1.12. The van der Waals surface area contributed by atoms with Crippen molar-refractivity contribution in [3.63, 3.8) is 0 Å². The zero-order valence-corrected chi connectivity index (χ0v) is 14.4. The van der Waals surface area contributed by atoms with Gasteiger partial charge in [-0.25, -0.2) is 13.1 Å². The summed E-state index contributed by atoms with van der Waals surface area (Å²) in [7, 11) is -1.82. The van der Waals surface area contributed by atoms with Crippen LogP contribution in [0, 0.1) is 0 Å². The third-order valence-corrected chi connectivity index (χ3v) is 5.71. The van der Waals surface area contributed by atoms with Crippen molar-refractivity contribution in [1.29, 1.82) is 0 Å². The van der Waals surface area contributed by atoms with Crippen molar-refractivity contribution in [3.05, 3.63) is 16.5 Å². The lowest BCUT2D eigenvalue weighted by molar-refractivity contribution is 0.0626. The van der Waals surface area contributed by atoms with Gasteiger partial charge in [0.15, 0.2) is 4.67 Å². The fourth-order valence-corrected chi connectivity index (χ4v) is 4.39. The Labute approximate surface area is 133 Å². The Morgan fingerprint density at radius 1 is 1.43 bits per heavy atom. The molecule has 6 nitrogen and oxygen atoms in total. The molecule has 1 heterocycles. The topological polar surface area (TPSA) is 80.6 Å². The lowest BCUT2D eigenvalue weighted by Gasteiger charge is -2.11. The lowest BCUT2D eigenvalue weighted by Crippen LogP contribution is -2.28. The third-order valence-electron chi connectivity index (χ3n) is 3.40. The molecule has 2 N–H and O–H groups in total. The summed E-state index contributed by atoms with van der Waals surface area (Å²) in [5, 5.41) is 2.91. The van der Waals surface area contributed by atoms with Crippen molar-refractivity contribution in [2.75, 3.05) is 20.2 Å². The molecule has 2 rings (SSSR count). The zero-order valence-electron chi connectivity index (χ0n) is 12.0. The van der Waals surface area contributed by atoms with E-state index in [-0.39, 0.29) is 22.2 Å². The Bertz CT molecular complexity index is 553. The van der Waals surface area contributed by atoms with Crippen LogP contribution >= 0.6 is 15.9 Å². The SMILES string of the molecule is CNCc1cc(S(=O)(=O)NCCOC2CCCC2)c(Br)o1. The molecule has 1 fully saturated rings. The van der Waals surface area contributed by atoms with E-state index >= 15 is 0 Å². The molecule has 120 valence electrons. The van der Waals surface area contributed by atoms with Crippen LogP contribution in [0.15, 0.2) is 20.0 Å². The van der Waals surface area contributed by atoms with E-state index in [1.807, 2.05) is 0 Å². The highest BCUT2D eigenvalue weighted by atomic mass is 79.9. The summed E-state index contributed by atoms with van der Waals surface area (Å²) in [6.07, 6.45) is 4.84. The van der Waals surface area contributed by atoms with Gasteiger partial charge in [0.2, 0.25) is 10.0 Å². The first kappa shape index (κ1) is 17.0. The molecule has 0 bridgehead atoms. The number of hydrogen-bond acceptors (Lipinski definition) is 5. The van der Waals surface area contributed by atoms with Gasteiger partial charge in [0, 0.05) is 12.6 Å². The van der Waals surface area contributed by atoms with E-state index in [9.17, 15) is 8.42 Å². The van der Waals surface area contributed by atoms with Crippen molar-refractivity contribution in [2.45, 2.75) is 43.2 Å². The summed E-state index contributed by atoms with van der Waals surface area (Å²) in [5.74, 6) is 0.562. The van der Waals surface area contributed by atoms with Gasteiger partial charge in [-0.05, 0) is 35.8 Å². The maximum absolute atomic E-state index is 12.2. The standard InChI is InChI=1S/C13H21BrN2O4S/c1-15-9-11-8-12(13(14)20-11)21(17,18)16-6-7-19-10-4-2-3-5-10/h8,10,15-16H,2-7,9H2,1H3. The van der Waals surface area contributed by atoms with E-state index in [0.717, 1.165) is 12.8 Å². The molecule has 8 heteroatoms. The molecule has 0 unspecified atom stereocenters. The average molecular weight is 381 g/mol. The normalized spacial score (nSPS) is 16.7. The van der Waals surface area contributed by atoms with E-state index in [0.29, 0.717) is 18.9 Å².